The molecule has 0 spiro atoms. The number of rotatable bonds is 9. The minimum Gasteiger partial charge on any atom is -0.464 e. The molecule has 182 valence electrons. The van der Waals surface area contributed by atoms with E-state index in [2.05, 4.69) is 5.32 Å². The summed E-state index contributed by atoms with van der Waals surface area (Å²) in [5.41, 5.74) is 3.78. The third kappa shape index (κ3) is 5.44. The van der Waals surface area contributed by atoms with E-state index in [1.54, 1.807) is 12.3 Å². The summed E-state index contributed by atoms with van der Waals surface area (Å²) in [5.74, 6) is -0.721. The molecule has 0 aliphatic rings. The van der Waals surface area contributed by atoms with Gasteiger partial charge in [0, 0.05) is 48.4 Å². The first kappa shape index (κ1) is 24.2. The van der Waals surface area contributed by atoms with Crippen LogP contribution in [0.4, 0.5) is 0 Å². The summed E-state index contributed by atoms with van der Waals surface area (Å²) in [7, 11) is 1.49. The molecule has 0 saturated carbocycles. The van der Waals surface area contributed by atoms with Gasteiger partial charge in [-0.05, 0) is 30.5 Å². The highest BCUT2D eigenvalue weighted by molar-refractivity contribution is 6.02. The molecule has 0 radical (unpaired) electrons. The van der Waals surface area contributed by atoms with Gasteiger partial charge in [0.15, 0.2) is 0 Å². The van der Waals surface area contributed by atoms with Crippen LogP contribution in [0.15, 0.2) is 62.4 Å². The van der Waals surface area contributed by atoms with Gasteiger partial charge < -0.3 is 23.6 Å². The lowest BCUT2D eigenvalue weighted by Gasteiger charge is -2.16. The molecule has 1 amide bonds. The second kappa shape index (κ2) is 10.6. The van der Waals surface area contributed by atoms with Crippen LogP contribution >= 0.6 is 0 Å². The Kier molecular flexibility index (Phi) is 7.31. The Morgan fingerprint density at radius 2 is 1.86 bits per heavy atom. The van der Waals surface area contributed by atoms with Crippen LogP contribution in [0.3, 0.4) is 0 Å². The van der Waals surface area contributed by atoms with E-state index in [9.17, 15) is 14.4 Å². The Morgan fingerprint density at radius 3 is 2.57 bits per heavy atom. The maximum Gasteiger partial charge on any atom is 0.339 e. The summed E-state index contributed by atoms with van der Waals surface area (Å²) >= 11 is 0. The van der Waals surface area contributed by atoms with Gasteiger partial charge in [-0.1, -0.05) is 30.3 Å². The molecule has 4 rings (SSSR count). The lowest BCUT2D eigenvalue weighted by Crippen LogP contribution is -2.37. The zero-order valence-electron chi connectivity index (χ0n) is 19.9. The highest BCUT2D eigenvalue weighted by atomic mass is 16.6. The fourth-order valence-electron chi connectivity index (χ4n) is 4.15. The molecular formula is C27H27NO7. The molecule has 0 saturated heterocycles. The van der Waals surface area contributed by atoms with Crippen LogP contribution in [0.5, 0.6) is 0 Å². The summed E-state index contributed by atoms with van der Waals surface area (Å²) in [6.07, 6.45) is 1.42. The van der Waals surface area contributed by atoms with Crippen molar-refractivity contribution in [3.8, 4) is 11.1 Å². The lowest BCUT2D eigenvalue weighted by molar-refractivity contribution is -0.149. The van der Waals surface area contributed by atoms with Crippen molar-refractivity contribution in [3.63, 3.8) is 0 Å². The van der Waals surface area contributed by atoms with Crippen LogP contribution in [-0.2, 0) is 25.5 Å². The molecule has 0 aliphatic carbocycles. The molecule has 1 N–H and O–H groups in total. The fraction of sp³-hybridized carbons (Fsp3) is 0.296. The first-order chi connectivity index (χ1) is 16.9. The van der Waals surface area contributed by atoms with Gasteiger partial charge in [-0.2, -0.15) is 0 Å². The van der Waals surface area contributed by atoms with Crippen LogP contribution in [0.2, 0.25) is 0 Å². The van der Waals surface area contributed by atoms with Crippen LogP contribution in [0, 0.1) is 6.92 Å². The molecule has 8 nitrogen and oxygen atoms in total. The average molecular weight is 478 g/mol. The molecular weight excluding hydrogens is 450 g/mol. The molecule has 0 fully saturated rings. The van der Waals surface area contributed by atoms with Gasteiger partial charge in [0.25, 0.3) is 0 Å². The molecule has 0 unspecified atom stereocenters. The van der Waals surface area contributed by atoms with Crippen LogP contribution in [0.25, 0.3) is 33.1 Å². The minimum atomic E-state index is -0.579. The third-order valence-corrected chi connectivity index (χ3v) is 5.88. The molecule has 35 heavy (non-hydrogen) atoms. The Bertz CT molecular complexity index is 1420. The zero-order valence-corrected chi connectivity index (χ0v) is 19.9. The highest BCUT2D eigenvalue weighted by Gasteiger charge is 2.18. The number of methoxy groups -OCH3 is 1. The van der Waals surface area contributed by atoms with Crippen molar-refractivity contribution in [2.45, 2.75) is 32.8 Å². The zero-order chi connectivity index (χ0) is 24.9. The molecule has 0 bridgehead atoms. The molecule has 1 atom stereocenters. The summed E-state index contributed by atoms with van der Waals surface area (Å²) in [6, 6.07) is 13.6. The van der Waals surface area contributed by atoms with Gasteiger partial charge in [-0.25, -0.2) is 4.79 Å². The predicted molar refractivity (Wildman–Crippen MR) is 131 cm³/mol. The molecule has 8 heteroatoms. The number of carbonyl (C=O) groups excluding carboxylic acids is 2. The second-order valence-electron chi connectivity index (χ2n) is 8.34. The van der Waals surface area contributed by atoms with E-state index in [0.717, 1.165) is 27.5 Å². The van der Waals surface area contributed by atoms with Gasteiger partial charge in [-0.15, -0.1) is 0 Å². The minimum absolute atomic E-state index is 0.0834. The number of nitrogens with one attached hydrogen (secondary N) is 1. The number of hydrogen-bond donors (Lipinski definition) is 1. The van der Waals surface area contributed by atoms with E-state index in [-0.39, 0.29) is 31.9 Å². The van der Waals surface area contributed by atoms with Crippen molar-refractivity contribution in [1.29, 1.82) is 0 Å². The molecule has 0 aliphatic heterocycles. The summed E-state index contributed by atoms with van der Waals surface area (Å²) in [4.78, 5) is 36.3. The lowest BCUT2D eigenvalue weighted by atomic mass is 9.99. The Morgan fingerprint density at radius 1 is 1.09 bits per heavy atom. The van der Waals surface area contributed by atoms with Gasteiger partial charge >= 0.3 is 11.6 Å². The Hall–Kier alpha value is -3.91. The van der Waals surface area contributed by atoms with E-state index >= 15 is 0 Å². The predicted octanol–water partition coefficient (Wildman–Crippen LogP) is 4.14. The van der Waals surface area contributed by atoms with Crippen LogP contribution < -0.4 is 10.9 Å². The van der Waals surface area contributed by atoms with Gasteiger partial charge in [0.1, 0.15) is 17.3 Å². The third-order valence-electron chi connectivity index (χ3n) is 5.88. The number of carbonyl (C=O) groups is 2. The van der Waals surface area contributed by atoms with Crippen molar-refractivity contribution in [1.82, 2.24) is 5.32 Å². The summed E-state index contributed by atoms with van der Waals surface area (Å²) in [6.45, 7) is 3.45. The van der Waals surface area contributed by atoms with Crippen molar-refractivity contribution < 1.29 is 27.9 Å². The molecule has 2 aromatic carbocycles. The van der Waals surface area contributed by atoms with E-state index < -0.39 is 17.7 Å². The number of furan rings is 1. The number of esters is 1. The first-order valence-electron chi connectivity index (χ1n) is 11.3. The number of aryl methyl sites for hydroxylation is 1. The molecule has 2 heterocycles. The molecule has 4 aromatic rings. The largest absolute Gasteiger partial charge is 0.464 e. The highest BCUT2D eigenvalue weighted by Crippen LogP contribution is 2.34. The van der Waals surface area contributed by atoms with Crippen LogP contribution in [-0.4, -0.2) is 38.2 Å². The Balaban J connectivity index is 1.55. The van der Waals surface area contributed by atoms with Crippen molar-refractivity contribution in [2.24, 2.45) is 0 Å². The van der Waals surface area contributed by atoms with Crippen molar-refractivity contribution in [2.75, 3.05) is 20.3 Å². The Labute approximate surface area is 201 Å². The first-order valence-corrected chi connectivity index (χ1v) is 11.3. The fourth-order valence-corrected chi connectivity index (χ4v) is 4.15. The maximum atomic E-state index is 12.7. The van der Waals surface area contributed by atoms with E-state index in [1.807, 2.05) is 43.3 Å². The second-order valence-corrected chi connectivity index (χ2v) is 8.34. The topological polar surface area (TPSA) is 108 Å². The maximum absolute atomic E-state index is 12.7. The van der Waals surface area contributed by atoms with E-state index in [1.165, 1.54) is 14.0 Å². The normalized spacial score (nSPS) is 12.1. The number of hydrogen-bond acceptors (Lipinski definition) is 7. The number of amides is 1. The number of ether oxygens (including phenoxy) is 2. The van der Waals surface area contributed by atoms with Gasteiger partial charge in [-0.3, -0.25) is 9.59 Å². The summed E-state index contributed by atoms with van der Waals surface area (Å²) in [5, 5.41) is 4.43. The SMILES string of the molecule is COC[C@H](CNC(=O)CCc1c(C)c2cc3c(-c4ccccc4)coc3cc2oc1=O)OC(C)=O. The van der Waals surface area contributed by atoms with Crippen molar-refractivity contribution >= 4 is 33.8 Å². The smallest absolute Gasteiger partial charge is 0.339 e. The average Bonchev–Trinajstić information content (AvgIpc) is 3.24. The number of benzene rings is 2. The van der Waals surface area contributed by atoms with Crippen LogP contribution in [0.1, 0.15) is 24.5 Å². The quantitative estimate of drug-likeness (QED) is 0.285. The molecule has 2 aromatic heterocycles. The standard InChI is InChI=1S/C27H27NO7/c1-16-20(9-10-26(30)28-13-19(14-32-3)34-17(2)29)27(31)35-25-12-24-22(11-21(16)25)23(15-33-24)18-7-5-4-6-8-18/h4-8,11-12,15,19H,9-10,13-14H2,1-3H3,(H,28,30)/t19-/m0/s1. The van der Waals surface area contributed by atoms with E-state index in [4.69, 9.17) is 18.3 Å². The summed E-state index contributed by atoms with van der Waals surface area (Å²) < 4.78 is 21.4. The van der Waals surface area contributed by atoms with E-state index in [0.29, 0.717) is 16.7 Å². The number of fused-ring (bicyclic) bond motifs is 2. The van der Waals surface area contributed by atoms with Crippen molar-refractivity contribution in [3.05, 3.63) is 70.3 Å². The monoisotopic (exact) mass is 477 g/mol. The van der Waals surface area contributed by atoms with Gasteiger partial charge in [0.2, 0.25) is 5.91 Å². The van der Waals surface area contributed by atoms with Gasteiger partial charge in [0.05, 0.1) is 19.4 Å².